The van der Waals surface area contributed by atoms with Gasteiger partial charge in [-0.3, -0.25) is 4.98 Å². The summed E-state index contributed by atoms with van der Waals surface area (Å²) >= 11 is 0. The van der Waals surface area contributed by atoms with Crippen molar-refractivity contribution in [2.24, 2.45) is 0 Å². The first-order valence-electron chi connectivity index (χ1n) is 4.98. The third kappa shape index (κ3) is 3.55. The molecule has 1 heterocycles. The van der Waals surface area contributed by atoms with Gasteiger partial charge in [-0.2, -0.15) is 0 Å². The molecule has 0 unspecified atom stereocenters. The van der Waals surface area contributed by atoms with Crippen molar-refractivity contribution in [2.45, 2.75) is 32.7 Å². The van der Waals surface area contributed by atoms with E-state index in [9.17, 15) is 0 Å². The molecule has 13 heavy (non-hydrogen) atoms. The van der Waals surface area contributed by atoms with E-state index in [1.807, 2.05) is 12.4 Å². The number of nitrogens with zero attached hydrogens (tertiary/aromatic N) is 1. The van der Waals surface area contributed by atoms with E-state index >= 15 is 0 Å². The lowest BCUT2D eigenvalue weighted by Crippen LogP contribution is -2.19. The van der Waals surface area contributed by atoms with Crippen LogP contribution in [0.15, 0.2) is 24.5 Å². The van der Waals surface area contributed by atoms with Gasteiger partial charge in [0.1, 0.15) is 0 Å². The summed E-state index contributed by atoms with van der Waals surface area (Å²) in [5.74, 6) is 0. The minimum atomic E-state index is 0.439. The van der Waals surface area contributed by atoms with Crippen molar-refractivity contribution in [2.75, 3.05) is 6.54 Å². The Bertz CT molecular complexity index is 221. The maximum absolute atomic E-state index is 4.00. The Morgan fingerprint density at radius 2 is 2.08 bits per heavy atom. The van der Waals surface area contributed by atoms with Crippen molar-refractivity contribution in [3.05, 3.63) is 30.1 Å². The number of unbranched alkanes of at least 4 members (excludes halogenated alkanes) is 1. The highest BCUT2D eigenvalue weighted by atomic mass is 14.9. The summed E-state index contributed by atoms with van der Waals surface area (Å²) < 4.78 is 0. The molecular formula is C11H18N2. The Morgan fingerprint density at radius 3 is 2.69 bits per heavy atom. The molecule has 2 nitrogen and oxygen atoms in total. The van der Waals surface area contributed by atoms with Crippen LogP contribution in [0.3, 0.4) is 0 Å². The van der Waals surface area contributed by atoms with E-state index in [1.165, 1.54) is 18.4 Å². The van der Waals surface area contributed by atoms with Crippen molar-refractivity contribution in [1.29, 1.82) is 0 Å². The summed E-state index contributed by atoms with van der Waals surface area (Å²) in [7, 11) is 0. The second-order valence-electron chi connectivity index (χ2n) is 3.31. The molecule has 0 amide bonds. The topological polar surface area (TPSA) is 24.9 Å². The fourth-order valence-electron chi connectivity index (χ4n) is 1.27. The summed E-state index contributed by atoms with van der Waals surface area (Å²) in [6, 6.07) is 4.56. The predicted octanol–water partition coefficient (Wildman–Crippen LogP) is 2.53. The molecule has 0 aromatic carbocycles. The molecule has 0 aliphatic carbocycles. The van der Waals surface area contributed by atoms with Gasteiger partial charge in [0, 0.05) is 18.4 Å². The van der Waals surface area contributed by atoms with Gasteiger partial charge in [-0.15, -0.1) is 0 Å². The van der Waals surface area contributed by atoms with E-state index in [0.29, 0.717) is 6.04 Å². The lowest BCUT2D eigenvalue weighted by Gasteiger charge is -2.13. The Hall–Kier alpha value is -0.890. The van der Waals surface area contributed by atoms with E-state index < -0.39 is 0 Å². The maximum atomic E-state index is 4.00. The molecule has 0 radical (unpaired) electrons. The summed E-state index contributed by atoms with van der Waals surface area (Å²) in [6.07, 6.45) is 6.17. The van der Waals surface area contributed by atoms with Crippen LogP contribution in [0.25, 0.3) is 0 Å². The second kappa shape index (κ2) is 5.70. The fraction of sp³-hybridized carbons (Fsp3) is 0.545. The number of rotatable bonds is 5. The molecule has 1 aromatic rings. The maximum Gasteiger partial charge on any atom is 0.0292 e. The van der Waals surface area contributed by atoms with E-state index in [4.69, 9.17) is 0 Å². The number of hydrogen-bond acceptors (Lipinski definition) is 2. The lowest BCUT2D eigenvalue weighted by molar-refractivity contribution is 0.554. The third-order valence-corrected chi connectivity index (χ3v) is 2.19. The average Bonchev–Trinajstić information content (AvgIpc) is 2.19. The summed E-state index contributed by atoms with van der Waals surface area (Å²) in [5.41, 5.74) is 1.31. The van der Waals surface area contributed by atoms with Gasteiger partial charge in [0.2, 0.25) is 0 Å². The van der Waals surface area contributed by atoms with Crippen molar-refractivity contribution in [1.82, 2.24) is 10.3 Å². The van der Waals surface area contributed by atoms with Crippen LogP contribution in [-0.2, 0) is 0 Å². The van der Waals surface area contributed by atoms with Crippen LogP contribution < -0.4 is 5.32 Å². The quantitative estimate of drug-likeness (QED) is 0.701. The van der Waals surface area contributed by atoms with Gasteiger partial charge in [0.05, 0.1) is 0 Å². The Balaban J connectivity index is 2.35. The molecule has 0 aliphatic rings. The highest BCUT2D eigenvalue weighted by Gasteiger charge is 2.01. The highest BCUT2D eigenvalue weighted by Crippen LogP contribution is 2.09. The van der Waals surface area contributed by atoms with Crippen LogP contribution in [0.1, 0.15) is 38.3 Å². The predicted molar refractivity (Wildman–Crippen MR) is 55.6 cm³/mol. The lowest BCUT2D eigenvalue weighted by atomic mass is 10.1. The molecule has 0 bridgehead atoms. The molecule has 0 fully saturated rings. The summed E-state index contributed by atoms with van der Waals surface area (Å²) in [5, 5.41) is 3.47. The molecule has 0 saturated heterocycles. The second-order valence-corrected chi connectivity index (χ2v) is 3.31. The standard InChI is InChI=1S/C11H18N2/c1-3-4-7-13-10(2)11-5-8-12-9-6-11/h5-6,8-10,13H,3-4,7H2,1-2H3/t10-/m1/s1. The van der Waals surface area contributed by atoms with Crippen molar-refractivity contribution in [3.8, 4) is 0 Å². The molecule has 0 spiro atoms. The summed E-state index contributed by atoms with van der Waals surface area (Å²) in [4.78, 5) is 4.00. The van der Waals surface area contributed by atoms with Gasteiger partial charge in [-0.25, -0.2) is 0 Å². The molecule has 0 saturated carbocycles. The van der Waals surface area contributed by atoms with Crippen molar-refractivity contribution < 1.29 is 0 Å². The van der Waals surface area contributed by atoms with Gasteiger partial charge in [0.15, 0.2) is 0 Å². The Kier molecular flexibility index (Phi) is 4.47. The van der Waals surface area contributed by atoms with Crippen LogP contribution in [0, 0.1) is 0 Å². The SMILES string of the molecule is CCCCN[C@H](C)c1ccncc1. The molecule has 1 atom stereocenters. The zero-order valence-corrected chi connectivity index (χ0v) is 8.46. The number of pyridine rings is 1. The van der Waals surface area contributed by atoms with Crippen LogP contribution >= 0.6 is 0 Å². The Labute approximate surface area is 80.4 Å². The molecule has 1 aromatic heterocycles. The molecular weight excluding hydrogens is 160 g/mol. The zero-order valence-electron chi connectivity index (χ0n) is 8.46. The Morgan fingerprint density at radius 1 is 1.38 bits per heavy atom. The van der Waals surface area contributed by atoms with E-state index in [2.05, 4.69) is 36.3 Å². The minimum Gasteiger partial charge on any atom is -0.310 e. The normalized spacial score (nSPS) is 12.8. The number of hydrogen-bond donors (Lipinski definition) is 1. The highest BCUT2D eigenvalue weighted by molar-refractivity contribution is 5.13. The van der Waals surface area contributed by atoms with Crippen LogP contribution in [0.4, 0.5) is 0 Å². The van der Waals surface area contributed by atoms with Gasteiger partial charge >= 0.3 is 0 Å². The van der Waals surface area contributed by atoms with Gasteiger partial charge in [0.25, 0.3) is 0 Å². The van der Waals surface area contributed by atoms with E-state index in [1.54, 1.807) is 0 Å². The van der Waals surface area contributed by atoms with Gasteiger partial charge in [-0.1, -0.05) is 13.3 Å². The molecule has 0 aliphatic heterocycles. The zero-order chi connectivity index (χ0) is 9.52. The third-order valence-electron chi connectivity index (χ3n) is 2.19. The number of nitrogens with one attached hydrogen (secondary N) is 1. The van der Waals surface area contributed by atoms with Crippen LogP contribution in [-0.4, -0.2) is 11.5 Å². The molecule has 2 heteroatoms. The number of aromatic nitrogens is 1. The first-order valence-corrected chi connectivity index (χ1v) is 4.98. The minimum absolute atomic E-state index is 0.439. The monoisotopic (exact) mass is 178 g/mol. The van der Waals surface area contributed by atoms with E-state index in [-0.39, 0.29) is 0 Å². The van der Waals surface area contributed by atoms with Crippen molar-refractivity contribution >= 4 is 0 Å². The van der Waals surface area contributed by atoms with Gasteiger partial charge < -0.3 is 5.32 Å². The largest absolute Gasteiger partial charge is 0.310 e. The smallest absolute Gasteiger partial charge is 0.0292 e. The molecule has 72 valence electrons. The van der Waals surface area contributed by atoms with Gasteiger partial charge in [-0.05, 0) is 37.6 Å². The van der Waals surface area contributed by atoms with Crippen LogP contribution in [0.2, 0.25) is 0 Å². The fourth-order valence-corrected chi connectivity index (χ4v) is 1.27. The van der Waals surface area contributed by atoms with Crippen molar-refractivity contribution in [3.63, 3.8) is 0 Å². The van der Waals surface area contributed by atoms with E-state index in [0.717, 1.165) is 6.54 Å². The first kappa shape index (κ1) is 10.2. The first-order chi connectivity index (χ1) is 6.34. The van der Waals surface area contributed by atoms with Crippen LogP contribution in [0.5, 0.6) is 0 Å². The molecule has 1 rings (SSSR count). The summed E-state index contributed by atoms with van der Waals surface area (Å²) in [6.45, 7) is 5.49. The molecule has 1 N–H and O–H groups in total. The average molecular weight is 178 g/mol.